The van der Waals surface area contributed by atoms with E-state index >= 15 is 0 Å². The first-order valence-corrected chi connectivity index (χ1v) is 4.85. The first-order chi connectivity index (χ1) is 6.15. The maximum Gasteiger partial charge on any atom is 0.167 e. The molecule has 0 spiro atoms. The number of phenolic OH excluding ortho intramolecular Hbond substituents is 1. The van der Waals surface area contributed by atoms with E-state index in [2.05, 4.69) is 15.9 Å². The molecule has 1 aromatic rings. The molecule has 2 nitrogen and oxygen atoms in total. The molecule has 0 bridgehead atoms. The first kappa shape index (κ1) is 10.2. The number of ketones is 1. The fraction of sp³-hybridized carbons (Fsp3) is 0.222. The highest BCUT2D eigenvalue weighted by atomic mass is 79.9. The second-order valence-corrected chi connectivity index (χ2v) is 3.32. The van der Waals surface area contributed by atoms with Gasteiger partial charge in [0, 0.05) is 11.8 Å². The summed E-state index contributed by atoms with van der Waals surface area (Å²) < 4.78 is 12.7. The van der Waals surface area contributed by atoms with Crippen LogP contribution in [0.2, 0.25) is 0 Å². The summed E-state index contributed by atoms with van der Waals surface area (Å²) in [4.78, 5) is 11.3. The molecular weight excluding hydrogens is 239 g/mol. The lowest BCUT2D eigenvalue weighted by atomic mass is 10.1. The highest BCUT2D eigenvalue weighted by Gasteiger charge is 2.10. The third-order valence-electron chi connectivity index (χ3n) is 1.58. The Morgan fingerprint density at radius 1 is 1.54 bits per heavy atom. The number of hydrogen-bond acceptors (Lipinski definition) is 2. The predicted molar refractivity (Wildman–Crippen MR) is 50.8 cm³/mol. The number of phenols is 1. The van der Waals surface area contributed by atoms with Gasteiger partial charge < -0.3 is 5.11 Å². The van der Waals surface area contributed by atoms with E-state index in [1.807, 2.05) is 0 Å². The average Bonchev–Trinajstić information content (AvgIpc) is 2.09. The largest absolute Gasteiger partial charge is 0.507 e. The Balaban J connectivity index is 2.99. The van der Waals surface area contributed by atoms with Gasteiger partial charge in [0.05, 0.1) is 5.56 Å². The molecular formula is C9H8BrFO2. The summed E-state index contributed by atoms with van der Waals surface area (Å²) in [5.41, 5.74) is 0.0412. The van der Waals surface area contributed by atoms with Gasteiger partial charge >= 0.3 is 0 Å². The topological polar surface area (TPSA) is 37.3 Å². The average molecular weight is 247 g/mol. The van der Waals surface area contributed by atoms with Crippen LogP contribution in [0.4, 0.5) is 4.39 Å². The number of rotatable bonds is 3. The SMILES string of the molecule is O=C(CCBr)c1cc(F)ccc1O. The van der Waals surface area contributed by atoms with E-state index in [9.17, 15) is 14.3 Å². The van der Waals surface area contributed by atoms with Gasteiger partial charge in [-0.25, -0.2) is 4.39 Å². The van der Waals surface area contributed by atoms with Gasteiger partial charge in [-0.3, -0.25) is 4.79 Å². The van der Waals surface area contributed by atoms with Crippen molar-refractivity contribution in [3.63, 3.8) is 0 Å². The summed E-state index contributed by atoms with van der Waals surface area (Å²) in [5, 5.41) is 9.73. The van der Waals surface area contributed by atoms with Crippen LogP contribution in [-0.2, 0) is 0 Å². The fourth-order valence-corrected chi connectivity index (χ4v) is 1.31. The van der Waals surface area contributed by atoms with Crippen LogP contribution < -0.4 is 0 Å². The van der Waals surface area contributed by atoms with Gasteiger partial charge in [0.1, 0.15) is 11.6 Å². The molecule has 1 aromatic carbocycles. The van der Waals surface area contributed by atoms with E-state index in [4.69, 9.17) is 0 Å². The van der Waals surface area contributed by atoms with E-state index in [-0.39, 0.29) is 23.5 Å². The minimum absolute atomic E-state index is 0.0412. The Hall–Kier alpha value is -0.900. The number of carbonyl (C=O) groups excluding carboxylic acids is 1. The number of hydrogen-bond donors (Lipinski definition) is 1. The Morgan fingerprint density at radius 3 is 2.85 bits per heavy atom. The van der Waals surface area contributed by atoms with Crippen LogP contribution in [-0.4, -0.2) is 16.2 Å². The number of aromatic hydroxyl groups is 1. The van der Waals surface area contributed by atoms with Crippen LogP contribution in [0.3, 0.4) is 0 Å². The molecule has 0 heterocycles. The molecule has 0 aliphatic heterocycles. The molecule has 0 atom stereocenters. The van der Waals surface area contributed by atoms with Crippen molar-refractivity contribution in [3.8, 4) is 5.75 Å². The lowest BCUT2D eigenvalue weighted by molar-refractivity contribution is 0.0987. The van der Waals surface area contributed by atoms with Crippen molar-refractivity contribution in [2.75, 3.05) is 5.33 Å². The maximum atomic E-state index is 12.7. The lowest BCUT2D eigenvalue weighted by Gasteiger charge is -2.01. The van der Waals surface area contributed by atoms with Crippen LogP contribution in [0, 0.1) is 5.82 Å². The van der Waals surface area contributed by atoms with Crippen molar-refractivity contribution in [1.82, 2.24) is 0 Å². The quantitative estimate of drug-likeness (QED) is 0.658. The van der Waals surface area contributed by atoms with E-state index < -0.39 is 5.82 Å². The second kappa shape index (κ2) is 4.37. The van der Waals surface area contributed by atoms with Crippen molar-refractivity contribution in [1.29, 1.82) is 0 Å². The molecule has 0 unspecified atom stereocenters. The molecule has 1 rings (SSSR count). The van der Waals surface area contributed by atoms with Gasteiger partial charge in [-0.1, -0.05) is 15.9 Å². The van der Waals surface area contributed by atoms with Crippen molar-refractivity contribution in [2.24, 2.45) is 0 Å². The third-order valence-corrected chi connectivity index (χ3v) is 1.98. The highest BCUT2D eigenvalue weighted by molar-refractivity contribution is 9.09. The van der Waals surface area contributed by atoms with Crippen molar-refractivity contribution < 1.29 is 14.3 Å². The molecule has 0 aliphatic rings. The van der Waals surface area contributed by atoms with E-state index in [0.29, 0.717) is 5.33 Å². The van der Waals surface area contributed by atoms with E-state index in [0.717, 1.165) is 12.1 Å². The zero-order valence-corrected chi connectivity index (χ0v) is 8.34. The lowest BCUT2D eigenvalue weighted by Crippen LogP contribution is -2.00. The zero-order chi connectivity index (χ0) is 9.84. The van der Waals surface area contributed by atoms with Gasteiger partial charge in [-0.15, -0.1) is 0 Å². The van der Waals surface area contributed by atoms with Gasteiger partial charge in [0.25, 0.3) is 0 Å². The number of Topliss-reactive ketones (excluding diaryl/α,β-unsaturated/α-hetero) is 1. The fourth-order valence-electron chi connectivity index (χ4n) is 0.952. The molecule has 0 fully saturated rings. The van der Waals surface area contributed by atoms with Crippen LogP contribution in [0.1, 0.15) is 16.8 Å². The maximum absolute atomic E-state index is 12.7. The number of alkyl halides is 1. The summed E-state index contributed by atoms with van der Waals surface area (Å²) in [6, 6.07) is 3.33. The second-order valence-electron chi connectivity index (χ2n) is 2.52. The van der Waals surface area contributed by atoms with E-state index in [1.54, 1.807) is 0 Å². The molecule has 70 valence electrons. The molecule has 0 aromatic heterocycles. The third kappa shape index (κ3) is 2.52. The summed E-state index contributed by atoms with van der Waals surface area (Å²) in [6.45, 7) is 0. The van der Waals surface area contributed by atoms with Crippen molar-refractivity contribution in [3.05, 3.63) is 29.6 Å². The predicted octanol–water partition coefficient (Wildman–Crippen LogP) is 2.50. The van der Waals surface area contributed by atoms with Gasteiger partial charge in [-0.2, -0.15) is 0 Å². The zero-order valence-electron chi connectivity index (χ0n) is 6.76. The molecule has 0 aliphatic carbocycles. The van der Waals surface area contributed by atoms with Crippen molar-refractivity contribution in [2.45, 2.75) is 6.42 Å². The summed E-state index contributed by atoms with van der Waals surface area (Å²) >= 11 is 3.09. The molecule has 0 radical (unpaired) electrons. The Kier molecular flexibility index (Phi) is 3.42. The number of carbonyl (C=O) groups is 1. The van der Waals surface area contributed by atoms with Crippen LogP contribution >= 0.6 is 15.9 Å². The number of benzene rings is 1. The number of halogens is 2. The van der Waals surface area contributed by atoms with Gasteiger partial charge in [-0.05, 0) is 18.2 Å². The molecule has 0 saturated carbocycles. The summed E-state index contributed by atoms with van der Waals surface area (Å²) in [5.74, 6) is -0.961. The van der Waals surface area contributed by atoms with Crippen LogP contribution in [0.5, 0.6) is 5.75 Å². The van der Waals surface area contributed by atoms with Gasteiger partial charge in [0.2, 0.25) is 0 Å². The highest BCUT2D eigenvalue weighted by Crippen LogP contribution is 2.19. The molecule has 0 saturated heterocycles. The first-order valence-electron chi connectivity index (χ1n) is 3.73. The Morgan fingerprint density at radius 2 is 2.23 bits per heavy atom. The van der Waals surface area contributed by atoms with E-state index in [1.165, 1.54) is 6.07 Å². The van der Waals surface area contributed by atoms with Gasteiger partial charge in [0.15, 0.2) is 5.78 Å². The minimum Gasteiger partial charge on any atom is -0.507 e. The standard InChI is InChI=1S/C9H8BrFO2/c10-4-3-9(13)7-5-6(11)1-2-8(7)12/h1-2,5,12H,3-4H2. The molecule has 1 N–H and O–H groups in total. The Labute approximate surface area is 83.5 Å². The monoisotopic (exact) mass is 246 g/mol. The summed E-state index contributed by atoms with van der Waals surface area (Å²) in [6.07, 6.45) is 0.247. The summed E-state index contributed by atoms with van der Waals surface area (Å²) in [7, 11) is 0. The smallest absolute Gasteiger partial charge is 0.167 e. The molecule has 4 heteroatoms. The minimum atomic E-state index is -0.518. The Bertz CT molecular complexity index is 325. The van der Waals surface area contributed by atoms with Crippen molar-refractivity contribution >= 4 is 21.7 Å². The molecule has 0 amide bonds. The normalized spacial score (nSPS) is 10.0. The van der Waals surface area contributed by atoms with Crippen LogP contribution in [0.25, 0.3) is 0 Å². The van der Waals surface area contributed by atoms with Crippen LogP contribution in [0.15, 0.2) is 18.2 Å². The molecule has 13 heavy (non-hydrogen) atoms.